The number of carboxylic acid groups (broad SMARTS) is 2. The van der Waals surface area contributed by atoms with Gasteiger partial charge in [-0.3, -0.25) is 15.0 Å². The van der Waals surface area contributed by atoms with E-state index in [1.165, 1.54) is 0 Å². The molecule has 2 aliphatic rings. The molecule has 2 unspecified atom stereocenters. The number of ether oxygens (including phenoxy) is 1. The van der Waals surface area contributed by atoms with Crippen molar-refractivity contribution in [2.45, 2.75) is 25.2 Å². The third-order valence-electron chi connectivity index (χ3n) is 3.56. The fourth-order valence-electron chi connectivity index (χ4n) is 2.29. The molecule has 2 fully saturated rings. The normalized spacial score (nSPS) is 26.0. The second-order valence-corrected chi connectivity index (χ2v) is 5.29. The SMILES string of the molecule is CN1CCN(CC2CCC([N+](=O)[O-])O2)CC1.O=C(O)C(=O)O. The molecule has 2 atom stereocenters. The summed E-state index contributed by atoms with van der Waals surface area (Å²) in [6.07, 6.45) is 0.667. The Bertz CT molecular complexity index is 398. The minimum Gasteiger partial charge on any atom is -0.473 e. The van der Waals surface area contributed by atoms with Crippen LogP contribution in [0.5, 0.6) is 0 Å². The number of likely N-dealkylation sites (N-methyl/N-ethyl adjacent to an activating group) is 1. The lowest BCUT2D eigenvalue weighted by atomic mass is 10.2. The number of nitrogens with zero attached hydrogens (tertiary/aromatic N) is 3. The zero-order valence-electron chi connectivity index (χ0n) is 12.4. The Balaban J connectivity index is 0.000000346. The van der Waals surface area contributed by atoms with E-state index < -0.39 is 18.2 Å². The first-order valence-corrected chi connectivity index (χ1v) is 6.95. The van der Waals surface area contributed by atoms with Crippen LogP contribution in [-0.4, -0.2) is 89.0 Å². The van der Waals surface area contributed by atoms with E-state index in [1.54, 1.807) is 0 Å². The van der Waals surface area contributed by atoms with Gasteiger partial charge in [0.05, 0.1) is 11.0 Å². The van der Waals surface area contributed by atoms with Crippen LogP contribution in [0.25, 0.3) is 0 Å². The first-order chi connectivity index (χ1) is 10.3. The number of hydrogen-bond donors (Lipinski definition) is 2. The van der Waals surface area contributed by atoms with Gasteiger partial charge in [0.15, 0.2) is 0 Å². The van der Waals surface area contributed by atoms with Crippen molar-refractivity contribution in [1.82, 2.24) is 9.80 Å². The van der Waals surface area contributed by atoms with E-state index >= 15 is 0 Å². The van der Waals surface area contributed by atoms with Gasteiger partial charge in [-0.2, -0.15) is 0 Å². The maximum Gasteiger partial charge on any atom is 0.414 e. The van der Waals surface area contributed by atoms with E-state index in [0.717, 1.165) is 39.1 Å². The van der Waals surface area contributed by atoms with E-state index in [4.69, 9.17) is 24.5 Å². The predicted octanol–water partition coefficient (Wildman–Crippen LogP) is -0.829. The van der Waals surface area contributed by atoms with Crippen LogP contribution >= 0.6 is 0 Å². The quantitative estimate of drug-likeness (QED) is 0.388. The summed E-state index contributed by atoms with van der Waals surface area (Å²) in [6, 6.07) is 0. The molecule has 22 heavy (non-hydrogen) atoms. The highest BCUT2D eigenvalue weighted by Crippen LogP contribution is 2.21. The molecule has 0 radical (unpaired) electrons. The molecule has 0 spiro atoms. The Hall–Kier alpha value is -1.78. The molecule has 0 aromatic carbocycles. The summed E-state index contributed by atoms with van der Waals surface area (Å²) in [4.78, 5) is 33.1. The van der Waals surface area contributed by atoms with Crippen LogP contribution in [0.4, 0.5) is 0 Å². The predicted molar refractivity (Wildman–Crippen MR) is 74.1 cm³/mol. The van der Waals surface area contributed by atoms with Gasteiger partial charge < -0.3 is 19.8 Å². The van der Waals surface area contributed by atoms with Gasteiger partial charge in [0.1, 0.15) is 0 Å². The van der Waals surface area contributed by atoms with Crippen LogP contribution in [0.15, 0.2) is 0 Å². The van der Waals surface area contributed by atoms with Crippen LogP contribution in [0, 0.1) is 10.1 Å². The van der Waals surface area contributed by atoms with Gasteiger partial charge in [-0.05, 0) is 13.5 Å². The number of aliphatic carboxylic acids is 2. The standard InChI is InChI=1S/C10H19N3O3.C2H2O4/c1-11-4-6-12(7-5-11)8-9-2-3-10(16-9)13(14)15;3-1(4)2(5)6/h9-10H,2-8H2,1H3;(H,3,4)(H,5,6). The van der Waals surface area contributed by atoms with Crippen LogP contribution in [0.2, 0.25) is 0 Å². The Kier molecular flexibility index (Phi) is 7.15. The number of carboxylic acids is 2. The average molecular weight is 319 g/mol. The molecule has 0 bridgehead atoms. The fourth-order valence-corrected chi connectivity index (χ4v) is 2.29. The summed E-state index contributed by atoms with van der Waals surface area (Å²) >= 11 is 0. The van der Waals surface area contributed by atoms with Gasteiger partial charge in [-0.1, -0.05) is 0 Å². The van der Waals surface area contributed by atoms with Crippen molar-refractivity contribution in [2.75, 3.05) is 39.8 Å². The smallest absolute Gasteiger partial charge is 0.414 e. The number of piperazine rings is 1. The van der Waals surface area contributed by atoms with Gasteiger partial charge in [0.25, 0.3) is 0 Å². The Labute approximate surface area is 127 Å². The average Bonchev–Trinajstić information content (AvgIpc) is 2.91. The molecule has 126 valence electrons. The minimum atomic E-state index is -1.82. The van der Waals surface area contributed by atoms with Crippen molar-refractivity contribution in [2.24, 2.45) is 0 Å². The Morgan fingerprint density at radius 1 is 1.18 bits per heavy atom. The highest BCUT2D eigenvalue weighted by atomic mass is 16.7. The van der Waals surface area contributed by atoms with E-state index in [9.17, 15) is 10.1 Å². The molecule has 2 N–H and O–H groups in total. The first-order valence-electron chi connectivity index (χ1n) is 6.95. The second kappa shape index (κ2) is 8.61. The summed E-state index contributed by atoms with van der Waals surface area (Å²) in [6.45, 7) is 5.08. The molecule has 0 amide bonds. The summed E-state index contributed by atoms with van der Waals surface area (Å²) in [5.41, 5.74) is 0. The topological polar surface area (TPSA) is 133 Å². The van der Waals surface area contributed by atoms with Crippen molar-refractivity contribution in [3.63, 3.8) is 0 Å². The van der Waals surface area contributed by atoms with E-state index in [-0.39, 0.29) is 11.0 Å². The number of carbonyl (C=O) groups is 2. The maximum absolute atomic E-state index is 10.5. The molecule has 2 heterocycles. The number of rotatable bonds is 3. The second-order valence-electron chi connectivity index (χ2n) is 5.29. The molecular weight excluding hydrogens is 298 g/mol. The monoisotopic (exact) mass is 319 g/mol. The van der Waals surface area contributed by atoms with Crippen molar-refractivity contribution in [1.29, 1.82) is 0 Å². The van der Waals surface area contributed by atoms with Crippen molar-refractivity contribution < 1.29 is 29.5 Å². The molecule has 0 aliphatic carbocycles. The van der Waals surface area contributed by atoms with Gasteiger partial charge in [-0.15, -0.1) is 0 Å². The third kappa shape index (κ3) is 6.33. The van der Waals surface area contributed by atoms with Crippen molar-refractivity contribution in [3.8, 4) is 0 Å². The van der Waals surface area contributed by atoms with Gasteiger partial charge in [-0.25, -0.2) is 9.59 Å². The molecule has 2 saturated heterocycles. The van der Waals surface area contributed by atoms with Gasteiger partial charge >= 0.3 is 18.2 Å². The molecule has 0 saturated carbocycles. The molecule has 2 rings (SSSR count). The minimum absolute atomic E-state index is 0.0545. The fraction of sp³-hybridized carbons (Fsp3) is 0.833. The molecule has 2 aliphatic heterocycles. The molecule has 10 nitrogen and oxygen atoms in total. The molecule has 10 heteroatoms. The Morgan fingerprint density at radius 2 is 1.73 bits per heavy atom. The van der Waals surface area contributed by atoms with Crippen molar-refractivity contribution >= 4 is 11.9 Å². The van der Waals surface area contributed by atoms with Crippen LogP contribution in [0.1, 0.15) is 12.8 Å². The maximum atomic E-state index is 10.5. The summed E-state index contributed by atoms with van der Waals surface area (Å²) in [5.74, 6) is -3.65. The van der Waals surface area contributed by atoms with E-state index in [2.05, 4.69) is 16.8 Å². The van der Waals surface area contributed by atoms with Gasteiger partial charge in [0.2, 0.25) is 0 Å². The summed E-state index contributed by atoms with van der Waals surface area (Å²) in [7, 11) is 2.12. The largest absolute Gasteiger partial charge is 0.473 e. The number of hydrogen-bond acceptors (Lipinski definition) is 7. The highest BCUT2D eigenvalue weighted by Gasteiger charge is 2.34. The Morgan fingerprint density at radius 3 is 2.14 bits per heavy atom. The molecule has 0 aromatic rings. The van der Waals surface area contributed by atoms with Crippen LogP contribution in [-0.2, 0) is 14.3 Å². The van der Waals surface area contributed by atoms with Crippen LogP contribution < -0.4 is 0 Å². The molecular formula is C12H21N3O7. The lowest BCUT2D eigenvalue weighted by Gasteiger charge is -2.33. The highest BCUT2D eigenvalue weighted by molar-refractivity contribution is 6.27. The van der Waals surface area contributed by atoms with Crippen molar-refractivity contribution in [3.05, 3.63) is 10.1 Å². The zero-order chi connectivity index (χ0) is 16.7. The van der Waals surface area contributed by atoms with E-state index in [0.29, 0.717) is 6.42 Å². The van der Waals surface area contributed by atoms with Gasteiger partial charge in [0, 0.05) is 39.1 Å². The molecule has 0 aromatic heterocycles. The lowest BCUT2D eigenvalue weighted by Crippen LogP contribution is -2.47. The number of nitro groups is 1. The summed E-state index contributed by atoms with van der Waals surface area (Å²) < 4.78 is 5.40. The van der Waals surface area contributed by atoms with Crippen LogP contribution in [0.3, 0.4) is 0 Å². The zero-order valence-corrected chi connectivity index (χ0v) is 12.4. The lowest BCUT2D eigenvalue weighted by molar-refractivity contribution is -0.571. The van der Waals surface area contributed by atoms with E-state index in [1.807, 2.05) is 0 Å². The summed E-state index contributed by atoms with van der Waals surface area (Å²) in [5, 5.41) is 25.3. The first kappa shape index (κ1) is 18.3. The third-order valence-corrected chi connectivity index (χ3v) is 3.56.